The van der Waals surface area contributed by atoms with Crippen molar-refractivity contribution in [2.75, 3.05) is 34.0 Å². The van der Waals surface area contributed by atoms with Crippen molar-refractivity contribution in [3.05, 3.63) is 81.5 Å². The molecule has 1 amide bonds. The van der Waals surface area contributed by atoms with Crippen molar-refractivity contribution < 1.29 is 36.9 Å². The Morgan fingerprint density at radius 1 is 0.926 bits per heavy atom. The van der Waals surface area contributed by atoms with Crippen molar-refractivity contribution in [1.82, 2.24) is 30.9 Å². The van der Waals surface area contributed by atoms with Crippen LogP contribution in [-0.4, -0.2) is 66.9 Å². The lowest BCUT2D eigenvalue weighted by molar-refractivity contribution is -0.139. The zero-order valence-corrected chi connectivity index (χ0v) is 30.8. The van der Waals surface area contributed by atoms with E-state index >= 15 is 0 Å². The van der Waals surface area contributed by atoms with Gasteiger partial charge in [0.1, 0.15) is 11.7 Å². The van der Waals surface area contributed by atoms with Crippen molar-refractivity contribution in [2.24, 2.45) is 0 Å². The number of methoxy groups -OCH3 is 2. The molecule has 3 N–H and O–H groups in total. The second kappa shape index (κ2) is 16.5. The first-order chi connectivity index (χ1) is 26.1. The summed E-state index contributed by atoms with van der Waals surface area (Å²) in [6.07, 6.45) is 0.172. The summed E-state index contributed by atoms with van der Waals surface area (Å²) in [7, 11) is 2.94. The van der Waals surface area contributed by atoms with Gasteiger partial charge in [-0.1, -0.05) is 35.9 Å². The number of hydrogen-bond donors (Lipinski definition) is 3. The predicted molar refractivity (Wildman–Crippen MR) is 195 cm³/mol. The quantitative estimate of drug-likeness (QED) is 0.137. The van der Waals surface area contributed by atoms with Crippen molar-refractivity contribution in [2.45, 2.75) is 76.0 Å². The van der Waals surface area contributed by atoms with Gasteiger partial charge in [-0.3, -0.25) is 9.78 Å². The fraction of sp³-hybridized carbons (Fsp3) is 0.436. The topological polar surface area (TPSA) is 129 Å². The number of hydrogen-bond acceptors (Lipinski definition) is 10. The standard InChI is InChI=1S/C39H42ClF3N6O5/c1-51-36-22(20-46-24-13-16-53-17-14-24)6-9-31(48-36)29-12-15-45-35(34(29)40)28-5-3-4-27-26(28)8-10-32(27)54-38-30(39(41,42)43)18-23(37(49-38)52-2)19-44-21-25-7-11-33(50)47-25/h3-6,9,12,15,18,24-25,32,44,46H,7-8,10-11,13-14,16-17,19-21H2,1-2H3,(H,47,50)/t25-,32+/m1/s1. The van der Waals surface area contributed by atoms with Gasteiger partial charge >= 0.3 is 6.18 Å². The van der Waals surface area contributed by atoms with Crippen LogP contribution in [0.2, 0.25) is 5.02 Å². The second-order valence-electron chi connectivity index (χ2n) is 13.6. The fourth-order valence-corrected chi connectivity index (χ4v) is 7.65. The molecule has 3 aliphatic rings. The molecule has 11 nitrogen and oxygen atoms in total. The van der Waals surface area contributed by atoms with E-state index in [1.807, 2.05) is 30.3 Å². The van der Waals surface area contributed by atoms with E-state index in [2.05, 4.69) is 25.9 Å². The highest BCUT2D eigenvalue weighted by Gasteiger charge is 2.39. The first kappa shape index (κ1) is 37.8. The Balaban J connectivity index is 1.12. The summed E-state index contributed by atoms with van der Waals surface area (Å²) in [6.45, 7) is 2.57. The molecule has 0 bridgehead atoms. The minimum atomic E-state index is -4.74. The summed E-state index contributed by atoms with van der Waals surface area (Å²) in [5.41, 5.74) is 4.35. The minimum Gasteiger partial charge on any atom is -0.481 e. The van der Waals surface area contributed by atoms with Gasteiger partial charge in [0.05, 0.1) is 30.6 Å². The third kappa shape index (κ3) is 8.26. The summed E-state index contributed by atoms with van der Waals surface area (Å²) in [6, 6.07) is 12.6. The Hall–Kier alpha value is -4.50. The van der Waals surface area contributed by atoms with Crippen LogP contribution in [0, 0.1) is 0 Å². The van der Waals surface area contributed by atoms with Gasteiger partial charge in [0.15, 0.2) is 0 Å². The third-order valence-electron chi connectivity index (χ3n) is 10.1. The number of halogens is 4. The maximum atomic E-state index is 14.5. The summed E-state index contributed by atoms with van der Waals surface area (Å²) in [4.78, 5) is 25.2. The van der Waals surface area contributed by atoms with Gasteiger partial charge in [-0.2, -0.15) is 18.2 Å². The molecule has 2 aliphatic heterocycles. The molecule has 2 fully saturated rings. The van der Waals surface area contributed by atoms with Crippen LogP contribution in [0.3, 0.4) is 0 Å². The number of nitrogens with zero attached hydrogens (tertiary/aromatic N) is 3. The molecule has 1 aromatic carbocycles. The van der Waals surface area contributed by atoms with Crippen LogP contribution >= 0.6 is 11.6 Å². The molecule has 4 aromatic rings. The number of rotatable bonds is 13. The summed E-state index contributed by atoms with van der Waals surface area (Å²) in [5, 5.41) is 9.91. The maximum Gasteiger partial charge on any atom is 0.421 e. The van der Waals surface area contributed by atoms with Crippen LogP contribution < -0.4 is 30.2 Å². The van der Waals surface area contributed by atoms with Gasteiger partial charge in [-0.05, 0) is 61.4 Å². The first-order valence-corrected chi connectivity index (χ1v) is 18.4. The average Bonchev–Trinajstić information content (AvgIpc) is 3.79. The van der Waals surface area contributed by atoms with Crippen molar-refractivity contribution in [3.8, 4) is 40.2 Å². The highest BCUT2D eigenvalue weighted by Crippen LogP contribution is 2.45. The molecule has 5 heterocycles. The first-order valence-electron chi connectivity index (χ1n) is 18.1. The fourth-order valence-electron chi connectivity index (χ4n) is 7.34. The van der Waals surface area contributed by atoms with Crippen LogP contribution in [0.25, 0.3) is 22.5 Å². The summed E-state index contributed by atoms with van der Waals surface area (Å²) < 4.78 is 66.0. The number of benzene rings is 1. The lowest BCUT2D eigenvalue weighted by Gasteiger charge is -2.23. The third-order valence-corrected chi connectivity index (χ3v) is 10.5. The van der Waals surface area contributed by atoms with Crippen molar-refractivity contribution in [3.63, 3.8) is 0 Å². The van der Waals surface area contributed by atoms with E-state index in [9.17, 15) is 18.0 Å². The molecule has 0 saturated carbocycles. The molecule has 54 heavy (non-hydrogen) atoms. The van der Waals surface area contributed by atoms with Crippen LogP contribution in [0.4, 0.5) is 13.2 Å². The van der Waals surface area contributed by atoms with Crippen molar-refractivity contribution in [1.29, 1.82) is 0 Å². The van der Waals surface area contributed by atoms with E-state index < -0.39 is 23.7 Å². The Kier molecular flexibility index (Phi) is 11.5. The molecular weight excluding hydrogens is 725 g/mol. The van der Waals surface area contributed by atoms with Crippen LogP contribution in [-0.2, 0) is 35.2 Å². The molecule has 2 atom stereocenters. The highest BCUT2D eigenvalue weighted by molar-refractivity contribution is 6.35. The minimum absolute atomic E-state index is 0.0228. The number of ether oxygens (including phenoxy) is 4. The van der Waals surface area contributed by atoms with E-state index in [1.54, 1.807) is 19.4 Å². The highest BCUT2D eigenvalue weighted by atomic mass is 35.5. The number of fused-ring (bicyclic) bond motifs is 1. The van der Waals surface area contributed by atoms with E-state index in [4.69, 9.17) is 35.5 Å². The molecule has 0 unspecified atom stereocenters. The molecule has 286 valence electrons. The van der Waals surface area contributed by atoms with E-state index in [1.165, 1.54) is 7.11 Å². The molecular formula is C39H42ClF3N6O5. The number of amides is 1. The van der Waals surface area contributed by atoms with Gasteiger partial charge in [-0.15, -0.1) is 0 Å². The number of pyridine rings is 3. The molecule has 0 radical (unpaired) electrons. The van der Waals surface area contributed by atoms with Crippen LogP contribution in [0.5, 0.6) is 17.6 Å². The lowest BCUT2D eigenvalue weighted by Crippen LogP contribution is -2.35. The number of carbonyl (C=O) groups excluding carboxylic acids is 1. The monoisotopic (exact) mass is 766 g/mol. The Morgan fingerprint density at radius 2 is 1.72 bits per heavy atom. The summed E-state index contributed by atoms with van der Waals surface area (Å²) in [5.74, 6) is -0.0768. The normalized spacial score (nSPS) is 18.7. The van der Waals surface area contributed by atoms with Crippen LogP contribution in [0.1, 0.15) is 66.0 Å². The summed E-state index contributed by atoms with van der Waals surface area (Å²) >= 11 is 7.07. The van der Waals surface area contributed by atoms with E-state index in [0.29, 0.717) is 72.7 Å². The lowest BCUT2D eigenvalue weighted by atomic mass is 9.98. The molecule has 3 aromatic heterocycles. The molecule has 7 rings (SSSR count). The number of carbonyl (C=O) groups is 1. The Labute approximate surface area is 316 Å². The number of alkyl halides is 3. The molecule has 0 spiro atoms. The molecule has 1 aliphatic carbocycles. The SMILES string of the molecule is COc1nc(-c2ccnc(-c3cccc4c3CC[C@@H]4Oc3nc(OC)c(CNC[C@H]4CCC(=O)N4)cc3C(F)(F)F)c2Cl)ccc1CNC1CCOCC1. The zero-order chi connectivity index (χ0) is 37.8. The van der Waals surface area contributed by atoms with Gasteiger partial charge in [0, 0.05) is 79.8 Å². The van der Waals surface area contributed by atoms with Crippen LogP contribution in [0.15, 0.2) is 48.7 Å². The van der Waals surface area contributed by atoms with Gasteiger partial charge in [0.25, 0.3) is 0 Å². The molecule has 2 saturated heterocycles. The number of aromatic nitrogens is 3. The maximum absolute atomic E-state index is 14.5. The smallest absolute Gasteiger partial charge is 0.421 e. The number of nitrogens with one attached hydrogen (secondary N) is 3. The van der Waals surface area contributed by atoms with Crippen molar-refractivity contribution >= 4 is 17.5 Å². The van der Waals surface area contributed by atoms with Gasteiger partial charge < -0.3 is 34.9 Å². The zero-order valence-electron chi connectivity index (χ0n) is 30.0. The Morgan fingerprint density at radius 3 is 2.46 bits per heavy atom. The second-order valence-corrected chi connectivity index (χ2v) is 14.0. The Bertz CT molecular complexity index is 1990. The molecule has 15 heteroatoms. The largest absolute Gasteiger partial charge is 0.481 e. The van der Waals surface area contributed by atoms with E-state index in [-0.39, 0.29) is 29.9 Å². The predicted octanol–water partition coefficient (Wildman–Crippen LogP) is 6.60. The van der Waals surface area contributed by atoms with Gasteiger partial charge in [-0.25, -0.2) is 4.98 Å². The van der Waals surface area contributed by atoms with E-state index in [0.717, 1.165) is 54.4 Å². The van der Waals surface area contributed by atoms with Gasteiger partial charge in [0.2, 0.25) is 23.5 Å². The average molecular weight is 767 g/mol.